The lowest BCUT2D eigenvalue weighted by Crippen LogP contribution is -2.18. The van der Waals surface area contributed by atoms with E-state index in [1.54, 1.807) is 6.07 Å². The maximum atomic E-state index is 12.3. The largest absolute Gasteiger partial charge is 0.454 e. The van der Waals surface area contributed by atoms with Crippen LogP contribution in [0.4, 0.5) is 0 Å². The second-order valence-electron chi connectivity index (χ2n) is 7.89. The lowest BCUT2D eigenvalue weighted by molar-refractivity contribution is 0.174. The van der Waals surface area contributed by atoms with E-state index in [4.69, 9.17) is 18.3 Å². The van der Waals surface area contributed by atoms with Gasteiger partial charge in [0.05, 0.1) is 5.69 Å². The molecule has 0 N–H and O–H groups in total. The van der Waals surface area contributed by atoms with Gasteiger partial charge in [0.25, 0.3) is 0 Å². The fraction of sp³-hybridized carbons (Fsp3) is 0.304. The SMILES string of the molecule is Cc1ncc(CN2CCCC2)c2cc(-c3cc(=O)oc4cc5c(cc34)OCO5)oc12. The first-order valence-corrected chi connectivity index (χ1v) is 10.1. The number of ether oxygens (including phenoxy) is 2. The Labute approximate surface area is 171 Å². The molecule has 0 bridgehead atoms. The average molecular weight is 404 g/mol. The van der Waals surface area contributed by atoms with E-state index < -0.39 is 5.63 Å². The van der Waals surface area contributed by atoms with Gasteiger partial charge in [-0.3, -0.25) is 9.88 Å². The Hall–Kier alpha value is -3.32. The molecule has 1 saturated heterocycles. The topological polar surface area (TPSA) is 77.9 Å². The monoisotopic (exact) mass is 404 g/mol. The minimum Gasteiger partial charge on any atom is -0.454 e. The molecule has 0 radical (unpaired) electrons. The smallest absolute Gasteiger partial charge is 0.336 e. The molecule has 0 spiro atoms. The van der Waals surface area contributed by atoms with E-state index in [2.05, 4.69) is 9.88 Å². The van der Waals surface area contributed by atoms with Gasteiger partial charge in [0, 0.05) is 41.2 Å². The van der Waals surface area contributed by atoms with Gasteiger partial charge in [0.1, 0.15) is 11.3 Å². The molecule has 30 heavy (non-hydrogen) atoms. The summed E-state index contributed by atoms with van der Waals surface area (Å²) < 4.78 is 22.6. The van der Waals surface area contributed by atoms with Crippen molar-refractivity contribution in [1.82, 2.24) is 9.88 Å². The van der Waals surface area contributed by atoms with E-state index in [-0.39, 0.29) is 6.79 Å². The van der Waals surface area contributed by atoms with Crippen LogP contribution in [0, 0.1) is 6.92 Å². The molecule has 0 atom stereocenters. The summed E-state index contributed by atoms with van der Waals surface area (Å²) in [6.07, 6.45) is 4.41. The van der Waals surface area contributed by atoms with E-state index >= 15 is 0 Å². The van der Waals surface area contributed by atoms with Gasteiger partial charge in [-0.2, -0.15) is 0 Å². The number of benzene rings is 1. The highest BCUT2D eigenvalue weighted by atomic mass is 16.7. The summed E-state index contributed by atoms with van der Waals surface area (Å²) in [5.74, 6) is 1.81. The second-order valence-corrected chi connectivity index (χ2v) is 7.89. The number of rotatable bonds is 3. The van der Waals surface area contributed by atoms with E-state index in [1.807, 2.05) is 25.3 Å². The number of pyridine rings is 1. The van der Waals surface area contributed by atoms with Gasteiger partial charge in [-0.1, -0.05) is 0 Å². The zero-order chi connectivity index (χ0) is 20.2. The van der Waals surface area contributed by atoms with Crippen molar-refractivity contribution >= 4 is 21.9 Å². The van der Waals surface area contributed by atoms with Crippen molar-refractivity contribution in [2.45, 2.75) is 26.3 Å². The predicted molar refractivity (Wildman–Crippen MR) is 111 cm³/mol. The van der Waals surface area contributed by atoms with Crippen LogP contribution in [0.1, 0.15) is 24.1 Å². The van der Waals surface area contributed by atoms with Crippen molar-refractivity contribution in [3.63, 3.8) is 0 Å². The summed E-state index contributed by atoms with van der Waals surface area (Å²) in [6, 6.07) is 7.00. The fourth-order valence-electron chi connectivity index (χ4n) is 4.40. The molecule has 1 aromatic carbocycles. The van der Waals surface area contributed by atoms with Crippen LogP contribution < -0.4 is 15.1 Å². The summed E-state index contributed by atoms with van der Waals surface area (Å²) in [5.41, 5.74) is 3.38. The molecular weight excluding hydrogens is 384 g/mol. The van der Waals surface area contributed by atoms with Crippen LogP contribution in [-0.4, -0.2) is 29.8 Å². The molecule has 0 unspecified atom stereocenters. The molecular formula is C23H20N2O5. The van der Waals surface area contributed by atoms with Gasteiger partial charge in [-0.25, -0.2) is 4.79 Å². The summed E-state index contributed by atoms with van der Waals surface area (Å²) in [5, 5.41) is 1.77. The summed E-state index contributed by atoms with van der Waals surface area (Å²) >= 11 is 0. The average Bonchev–Trinajstić information content (AvgIpc) is 3.48. The maximum Gasteiger partial charge on any atom is 0.336 e. The molecule has 5 heterocycles. The molecule has 3 aromatic heterocycles. The quantitative estimate of drug-likeness (QED) is 0.473. The normalized spacial score (nSPS) is 16.2. The Kier molecular flexibility index (Phi) is 3.86. The highest BCUT2D eigenvalue weighted by Crippen LogP contribution is 2.40. The van der Waals surface area contributed by atoms with Gasteiger partial charge < -0.3 is 18.3 Å². The van der Waals surface area contributed by atoms with Gasteiger partial charge in [-0.15, -0.1) is 0 Å². The molecule has 4 aromatic rings. The van der Waals surface area contributed by atoms with Crippen LogP contribution in [0.5, 0.6) is 11.5 Å². The first-order chi connectivity index (χ1) is 14.7. The number of fused-ring (bicyclic) bond motifs is 3. The minimum atomic E-state index is -0.441. The zero-order valence-corrected chi connectivity index (χ0v) is 16.6. The second kappa shape index (κ2) is 6.60. The molecule has 7 nitrogen and oxygen atoms in total. The maximum absolute atomic E-state index is 12.3. The molecule has 2 aliphatic rings. The number of aryl methyl sites for hydroxylation is 1. The number of hydrogen-bond donors (Lipinski definition) is 0. The van der Waals surface area contributed by atoms with Gasteiger partial charge in [0.15, 0.2) is 17.1 Å². The van der Waals surface area contributed by atoms with Crippen molar-refractivity contribution in [2.24, 2.45) is 0 Å². The molecule has 0 amide bonds. The Morgan fingerprint density at radius 3 is 2.63 bits per heavy atom. The number of furan rings is 1. The lowest BCUT2D eigenvalue weighted by atomic mass is 10.1. The third-order valence-electron chi connectivity index (χ3n) is 5.92. The van der Waals surface area contributed by atoms with E-state index in [0.29, 0.717) is 28.4 Å². The number of aromatic nitrogens is 1. The first-order valence-electron chi connectivity index (χ1n) is 10.1. The zero-order valence-electron chi connectivity index (χ0n) is 16.6. The van der Waals surface area contributed by atoms with Crippen LogP contribution in [0.15, 0.2) is 44.1 Å². The molecule has 0 saturated carbocycles. The van der Waals surface area contributed by atoms with Gasteiger partial charge in [-0.05, 0) is 50.6 Å². The summed E-state index contributed by atoms with van der Waals surface area (Å²) in [7, 11) is 0. The van der Waals surface area contributed by atoms with Gasteiger partial charge in [0.2, 0.25) is 6.79 Å². The van der Waals surface area contributed by atoms with Crippen LogP contribution in [0.3, 0.4) is 0 Å². The van der Waals surface area contributed by atoms with Crippen LogP contribution in [0.2, 0.25) is 0 Å². The van der Waals surface area contributed by atoms with Crippen molar-refractivity contribution < 1.29 is 18.3 Å². The van der Waals surface area contributed by atoms with Crippen molar-refractivity contribution in [3.8, 4) is 22.8 Å². The van der Waals surface area contributed by atoms with Crippen LogP contribution in [0.25, 0.3) is 33.3 Å². The fourth-order valence-corrected chi connectivity index (χ4v) is 4.40. The predicted octanol–water partition coefficient (Wildman–Crippen LogP) is 4.23. The summed E-state index contributed by atoms with van der Waals surface area (Å²) in [6.45, 7) is 5.15. The molecule has 152 valence electrons. The van der Waals surface area contributed by atoms with E-state index in [9.17, 15) is 4.79 Å². The highest BCUT2D eigenvalue weighted by molar-refractivity contribution is 5.97. The van der Waals surface area contributed by atoms with Crippen molar-refractivity contribution in [2.75, 3.05) is 19.9 Å². The standard InChI is InChI=1S/C23H20N2O5/c1-13-23-15(14(10-24-13)11-25-4-2-3-5-25)6-18(30-23)17-8-22(26)29-19-9-21-20(7-16(17)19)27-12-28-21/h6-10H,2-5,11-12H2,1H3. The van der Waals surface area contributed by atoms with Gasteiger partial charge >= 0.3 is 5.63 Å². The molecule has 1 fully saturated rings. The summed E-state index contributed by atoms with van der Waals surface area (Å²) in [4.78, 5) is 19.2. The molecule has 7 heteroatoms. The molecule has 0 aliphatic carbocycles. The van der Waals surface area contributed by atoms with Crippen LogP contribution in [-0.2, 0) is 6.54 Å². The third kappa shape index (κ3) is 2.77. The van der Waals surface area contributed by atoms with Crippen LogP contribution >= 0.6 is 0 Å². The molecule has 2 aliphatic heterocycles. The Morgan fingerprint density at radius 2 is 1.80 bits per heavy atom. The number of nitrogens with zero attached hydrogens (tertiary/aromatic N) is 2. The first kappa shape index (κ1) is 17.5. The van der Waals surface area contributed by atoms with Crippen molar-refractivity contribution in [3.05, 3.63) is 52.1 Å². The third-order valence-corrected chi connectivity index (χ3v) is 5.92. The Bertz CT molecular complexity index is 1350. The molecule has 6 rings (SSSR count). The Morgan fingerprint density at radius 1 is 1.00 bits per heavy atom. The highest BCUT2D eigenvalue weighted by Gasteiger charge is 2.21. The minimum absolute atomic E-state index is 0.153. The van der Waals surface area contributed by atoms with Crippen molar-refractivity contribution in [1.29, 1.82) is 0 Å². The van der Waals surface area contributed by atoms with E-state index in [0.717, 1.165) is 47.2 Å². The Balaban J connectivity index is 1.54. The lowest BCUT2D eigenvalue weighted by Gasteiger charge is -2.14. The number of likely N-dealkylation sites (tertiary alicyclic amines) is 1. The van der Waals surface area contributed by atoms with E-state index in [1.165, 1.54) is 18.9 Å². The number of hydrogen-bond acceptors (Lipinski definition) is 7.